The molecule has 2 nitrogen and oxygen atoms in total. The second-order valence-corrected chi connectivity index (χ2v) is 5.74. The molecule has 0 aromatic heterocycles. The molecular formula is C24H42N2. The molecule has 2 aromatic carbocycles. The smallest absolute Gasteiger partial charge is 0.0337 e. The lowest BCUT2D eigenvalue weighted by Crippen LogP contribution is -2.20. The van der Waals surface area contributed by atoms with Gasteiger partial charge in [-0.25, -0.2) is 0 Å². The van der Waals surface area contributed by atoms with E-state index < -0.39 is 0 Å². The number of para-hydroxylation sites is 1. The molecule has 0 aliphatic carbocycles. The van der Waals surface area contributed by atoms with Crippen molar-refractivity contribution in [3.8, 4) is 0 Å². The molecule has 0 radical (unpaired) electrons. The number of aryl methyl sites for hydroxylation is 1. The summed E-state index contributed by atoms with van der Waals surface area (Å²) < 4.78 is 0. The third-order valence-corrected chi connectivity index (χ3v) is 3.89. The first-order valence-electron chi connectivity index (χ1n) is 10.1. The summed E-state index contributed by atoms with van der Waals surface area (Å²) in [6.07, 6.45) is 2.80. The Bertz CT molecular complexity index is 474. The Morgan fingerprint density at radius 3 is 1.50 bits per heavy atom. The Balaban J connectivity index is 0. The lowest BCUT2D eigenvalue weighted by atomic mass is 10.2. The molecule has 1 N–H and O–H groups in total. The number of hydrogen-bond donors (Lipinski definition) is 1. The van der Waals surface area contributed by atoms with Gasteiger partial charge in [0.1, 0.15) is 0 Å². The van der Waals surface area contributed by atoms with Gasteiger partial charge in [0.2, 0.25) is 0 Å². The van der Waals surface area contributed by atoms with E-state index in [0.29, 0.717) is 0 Å². The molecule has 148 valence electrons. The standard InChI is InChI=1S/C7H9N.C7H8.C6H13N.2C2H6/c1-8-7-5-3-2-4-6-7;1-7-5-3-2-4-6-7;1-6-4-3-5-7(6)2;2*1-2/h2-6,8H,1H3;2-6H,1H3;6H,3-5H2,1-2H3;2*1-2H3. The van der Waals surface area contributed by atoms with E-state index in [9.17, 15) is 0 Å². The first kappa shape index (κ1) is 26.4. The van der Waals surface area contributed by atoms with Crippen molar-refractivity contribution in [1.29, 1.82) is 0 Å². The average Bonchev–Trinajstić information content (AvgIpc) is 3.10. The second kappa shape index (κ2) is 19.5. The van der Waals surface area contributed by atoms with E-state index in [4.69, 9.17) is 0 Å². The van der Waals surface area contributed by atoms with Crippen LogP contribution < -0.4 is 5.32 Å². The van der Waals surface area contributed by atoms with Crippen molar-refractivity contribution < 1.29 is 0 Å². The zero-order valence-electron chi connectivity index (χ0n) is 18.4. The third-order valence-electron chi connectivity index (χ3n) is 3.89. The Hall–Kier alpha value is -1.80. The highest BCUT2D eigenvalue weighted by atomic mass is 15.1. The average molecular weight is 359 g/mol. The van der Waals surface area contributed by atoms with Gasteiger partial charge in [-0.2, -0.15) is 0 Å². The highest BCUT2D eigenvalue weighted by Gasteiger charge is 2.14. The molecule has 1 saturated heterocycles. The van der Waals surface area contributed by atoms with Gasteiger partial charge in [-0.15, -0.1) is 0 Å². The summed E-state index contributed by atoms with van der Waals surface area (Å²) in [6.45, 7) is 13.7. The summed E-state index contributed by atoms with van der Waals surface area (Å²) in [4.78, 5) is 2.40. The van der Waals surface area contributed by atoms with Crippen molar-refractivity contribution in [3.05, 3.63) is 66.2 Å². The minimum Gasteiger partial charge on any atom is -0.388 e. The first-order chi connectivity index (χ1) is 12.6. The van der Waals surface area contributed by atoms with Gasteiger partial charge >= 0.3 is 0 Å². The van der Waals surface area contributed by atoms with Crippen LogP contribution in [0.2, 0.25) is 0 Å². The highest BCUT2D eigenvalue weighted by Crippen LogP contribution is 2.12. The fraction of sp³-hybridized carbons (Fsp3) is 0.500. The van der Waals surface area contributed by atoms with E-state index in [1.807, 2.05) is 83.3 Å². The second-order valence-electron chi connectivity index (χ2n) is 5.74. The van der Waals surface area contributed by atoms with Gasteiger partial charge in [0, 0.05) is 18.8 Å². The van der Waals surface area contributed by atoms with Gasteiger partial charge in [-0.05, 0) is 52.4 Å². The van der Waals surface area contributed by atoms with Crippen molar-refractivity contribution in [1.82, 2.24) is 4.90 Å². The van der Waals surface area contributed by atoms with Crippen LogP contribution in [0.3, 0.4) is 0 Å². The number of hydrogen-bond acceptors (Lipinski definition) is 2. The number of anilines is 1. The number of likely N-dealkylation sites (tertiary alicyclic amines) is 1. The van der Waals surface area contributed by atoms with E-state index in [1.165, 1.54) is 24.9 Å². The molecule has 1 aliphatic heterocycles. The molecule has 0 saturated carbocycles. The van der Waals surface area contributed by atoms with Crippen LogP contribution in [-0.2, 0) is 0 Å². The summed E-state index contributed by atoms with van der Waals surface area (Å²) in [5.41, 5.74) is 2.48. The van der Waals surface area contributed by atoms with Crippen molar-refractivity contribution >= 4 is 5.69 Å². The monoisotopic (exact) mass is 358 g/mol. The zero-order chi connectivity index (χ0) is 20.2. The van der Waals surface area contributed by atoms with E-state index in [0.717, 1.165) is 11.7 Å². The lowest BCUT2D eigenvalue weighted by Gasteiger charge is -2.12. The Labute approximate surface area is 163 Å². The van der Waals surface area contributed by atoms with E-state index in [-0.39, 0.29) is 0 Å². The van der Waals surface area contributed by atoms with Gasteiger partial charge in [0.05, 0.1) is 0 Å². The summed E-state index contributed by atoms with van der Waals surface area (Å²) in [6, 6.07) is 21.2. The van der Waals surface area contributed by atoms with E-state index in [2.05, 4.69) is 43.2 Å². The number of rotatable bonds is 1. The molecule has 26 heavy (non-hydrogen) atoms. The zero-order valence-corrected chi connectivity index (χ0v) is 18.4. The quantitative estimate of drug-likeness (QED) is 0.598. The van der Waals surface area contributed by atoms with Crippen LogP contribution in [0.5, 0.6) is 0 Å². The SMILES string of the molecule is CC.CC.CC1CCCN1C.CNc1ccccc1.Cc1ccccc1. The van der Waals surface area contributed by atoms with Crippen LogP contribution in [-0.4, -0.2) is 31.6 Å². The Morgan fingerprint density at radius 1 is 0.846 bits per heavy atom. The molecular weight excluding hydrogens is 316 g/mol. The van der Waals surface area contributed by atoms with Crippen LogP contribution in [0, 0.1) is 6.92 Å². The van der Waals surface area contributed by atoms with Gasteiger partial charge in [0.25, 0.3) is 0 Å². The van der Waals surface area contributed by atoms with Gasteiger partial charge in [-0.1, -0.05) is 81.8 Å². The minimum atomic E-state index is 0.847. The molecule has 3 rings (SSSR count). The third kappa shape index (κ3) is 14.5. The van der Waals surface area contributed by atoms with Gasteiger partial charge in [-0.3, -0.25) is 0 Å². The van der Waals surface area contributed by atoms with Crippen molar-refractivity contribution in [2.24, 2.45) is 0 Å². The normalized spacial score (nSPS) is 14.7. The van der Waals surface area contributed by atoms with Crippen molar-refractivity contribution in [2.45, 2.75) is 60.4 Å². The molecule has 2 aromatic rings. The van der Waals surface area contributed by atoms with Crippen molar-refractivity contribution in [2.75, 3.05) is 26.0 Å². The predicted molar refractivity (Wildman–Crippen MR) is 121 cm³/mol. The first-order valence-corrected chi connectivity index (χ1v) is 10.1. The topological polar surface area (TPSA) is 15.3 Å². The number of nitrogens with zero attached hydrogens (tertiary/aromatic N) is 1. The molecule has 2 heteroatoms. The molecule has 1 heterocycles. The number of nitrogens with one attached hydrogen (secondary N) is 1. The largest absolute Gasteiger partial charge is 0.388 e. The maximum absolute atomic E-state index is 3.03. The van der Waals surface area contributed by atoms with Crippen molar-refractivity contribution in [3.63, 3.8) is 0 Å². The minimum absolute atomic E-state index is 0.847. The molecule has 0 spiro atoms. The molecule has 1 unspecified atom stereocenters. The van der Waals surface area contributed by atoms with Crippen LogP contribution in [0.25, 0.3) is 0 Å². The van der Waals surface area contributed by atoms with Gasteiger partial charge in [0.15, 0.2) is 0 Å². The van der Waals surface area contributed by atoms with Gasteiger partial charge < -0.3 is 10.2 Å². The maximum atomic E-state index is 3.03. The van der Waals surface area contributed by atoms with E-state index >= 15 is 0 Å². The summed E-state index contributed by atoms with van der Waals surface area (Å²) in [5.74, 6) is 0. The Kier molecular flexibility index (Phi) is 19.8. The summed E-state index contributed by atoms with van der Waals surface area (Å²) in [7, 11) is 4.10. The predicted octanol–water partition coefficient (Wildman–Crippen LogP) is 6.88. The van der Waals surface area contributed by atoms with Crippen LogP contribution in [0.4, 0.5) is 5.69 Å². The van der Waals surface area contributed by atoms with Crippen LogP contribution in [0.15, 0.2) is 60.7 Å². The van der Waals surface area contributed by atoms with Crippen LogP contribution >= 0.6 is 0 Å². The fourth-order valence-corrected chi connectivity index (χ4v) is 2.22. The lowest BCUT2D eigenvalue weighted by molar-refractivity contribution is 0.331. The fourth-order valence-electron chi connectivity index (χ4n) is 2.22. The molecule has 1 aliphatic rings. The summed E-state index contributed by atoms with van der Waals surface area (Å²) >= 11 is 0. The molecule has 0 bridgehead atoms. The van der Waals surface area contributed by atoms with E-state index in [1.54, 1.807) is 0 Å². The Morgan fingerprint density at radius 2 is 1.31 bits per heavy atom. The molecule has 0 amide bonds. The molecule has 1 fully saturated rings. The number of benzene rings is 2. The van der Waals surface area contributed by atoms with Crippen LogP contribution in [0.1, 0.15) is 53.0 Å². The highest BCUT2D eigenvalue weighted by molar-refractivity contribution is 5.41. The summed E-state index contributed by atoms with van der Waals surface area (Å²) in [5, 5.41) is 3.03. The molecule has 1 atom stereocenters. The maximum Gasteiger partial charge on any atom is 0.0337 e.